The van der Waals surface area contributed by atoms with Crippen LogP contribution in [0.3, 0.4) is 0 Å². The average molecular weight is 750 g/mol. The number of aliphatic hydroxyl groups excluding tert-OH is 1. The molecule has 8 nitrogen and oxygen atoms in total. The predicted molar refractivity (Wildman–Crippen MR) is 201 cm³/mol. The number of aliphatic hydroxyl groups is 1. The van der Waals surface area contributed by atoms with Gasteiger partial charge in [-0.3, -0.25) is 4.79 Å². The summed E-state index contributed by atoms with van der Waals surface area (Å²) in [6, 6.07) is 41.2. The highest BCUT2D eigenvalue weighted by molar-refractivity contribution is 9.10. The molecule has 0 aliphatic carbocycles. The lowest BCUT2D eigenvalue weighted by molar-refractivity contribution is -0.126. The Labute approximate surface area is 307 Å². The van der Waals surface area contributed by atoms with E-state index in [1.807, 2.05) is 127 Å². The van der Waals surface area contributed by atoms with Crippen LogP contribution in [-0.4, -0.2) is 48.8 Å². The molecule has 0 aromatic heterocycles. The molecule has 0 unspecified atom stereocenters. The van der Waals surface area contributed by atoms with E-state index in [0.717, 1.165) is 32.3 Å². The second-order valence-electron chi connectivity index (χ2n) is 12.3. The van der Waals surface area contributed by atoms with Crippen LogP contribution in [0.4, 0.5) is 0 Å². The number of ether oxygens (including phenoxy) is 4. The third-order valence-electron chi connectivity index (χ3n) is 8.48. The fourth-order valence-electron chi connectivity index (χ4n) is 5.68. The summed E-state index contributed by atoms with van der Waals surface area (Å²) in [5.41, 5.74) is 3.68. The fourth-order valence-corrected chi connectivity index (χ4v) is 6.11. The third-order valence-corrected chi connectivity index (χ3v) is 9.25. The molecule has 1 atom stereocenters. The van der Waals surface area contributed by atoms with E-state index < -0.39 is 5.54 Å². The quantitative estimate of drug-likeness (QED) is 0.0958. The SMILES string of the molecule is O=C(NCCc1ccc(OCc2ccccc2)c(OCc2ccccc2)c1)[C@@]1(Cc2ccccc2Br)COC(c2ccc(OCCCO)cc2)=N1. The number of aliphatic imine (C=N–C) groups is 1. The zero-order chi connectivity index (χ0) is 35.3. The van der Waals surface area contributed by atoms with Crippen molar-refractivity contribution in [2.24, 2.45) is 4.99 Å². The van der Waals surface area contributed by atoms with E-state index in [1.165, 1.54) is 0 Å². The van der Waals surface area contributed by atoms with Crippen LogP contribution in [-0.2, 0) is 35.6 Å². The Balaban J connectivity index is 1.16. The maximum absolute atomic E-state index is 14.1. The lowest BCUT2D eigenvalue weighted by atomic mass is 9.91. The predicted octanol–water partition coefficient (Wildman–Crippen LogP) is 7.49. The van der Waals surface area contributed by atoms with Gasteiger partial charge < -0.3 is 29.4 Å². The van der Waals surface area contributed by atoms with Crippen molar-refractivity contribution in [3.8, 4) is 17.2 Å². The molecule has 1 heterocycles. The maximum atomic E-state index is 14.1. The van der Waals surface area contributed by atoms with Crippen molar-refractivity contribution in [2.75, 3.05) is 26.4 Å². The van der Waals surface area contributed by atoms with Crippen molar-refractivity contribution in [2.45, 2.75) is 38.0 Å². The minimum absolute atomic E-state index is 0.0744. The largest absolute Gasteiger partial charge is 0.494 e. The topological polar surface area (TPSA) is 98.6 Å². The highest BCUT2D eigenvalue weighted by Gasteiger charge is 2.44. The molecular weight excluding hydrogens is 708 g/mol. The summed E-state index contributed by atoms with van der Waals surface area (Å²) in [7, 11) is 0. The molecule has 0 radical (unpaired) electrons. The number of nitrogens with one attached hydrogen (secondary N) is 1. The van der Waals surface area contributed by atoms with Crippen LogP contribution in [0.25, 0.3) is 0 Å². The van der Waals surface area contributed by atoms with E-state index in [2.05, 4.69) is 21.2 Å². The van der Waals surface area contributed by atoms with Gasteiger partial charge in [0.2, 0.25) is 5.90 Å². The highest BCUT2D eigenvalue weighted by Crippen LogP contribution is 2.32. The molecule has 5 aromatic carbocycles. The van der Waals surface area contributed by atoms with Gasteiger partial charge in [-0.25, -0.2) is 4.99 Å². The molecule has 0 fully saturated rings. The lowest BCUT2D eigenvalue weighted by Gasteiger charge is -2.24. The van der Waals surface area contributed by atoms with Crippen LogP contribution >= 0.6 is 15.9 Å². The van der Waals surface area contributed by atoms with Crippen molar-refractivity contribution in [3.63, 3.8) is 0 Å². The summed E-state index contributed by atoms with van der Waals surface area (Å²) in [4.78, 5) is 19.0. The number of hydrogen-bond donors (Lipinski definition) is 2. The minimum atomic E-state index is -1.16. The normalized spacial score (nSPS) is 15.1. The number of carbonyl (C=O) groups excluding carboxylic acids is 1. The average Bonchev–Trinajstić information content (AvgIpc) is 3.61. The summed E-state index contributed by atoms with van der Waals surface area (Å²) in [5.74, 6) is 2.19. The van der Waals surface area contributed by atoms with Crippen molar-refractivity contribution in [3.05, 3.63) is 160 Å². The molecule has 0 saturated heterocycles. The smallest absolute Gasteiger partial charge is 0.251 e. The van der Waals surface area contributed by atoms with Crippen molar-refractivity contribution >= 4 is 27.7 Å². The standard InChI is InChI=1S/C42H41BrN2O6/c43-37-15-8-7-14-35(37)27-42(30-51-40(45-42)34-17-19-36(20-18-34)48-25-9-24-46)41(47)44-23-22-31-16-21-38(49-28-32-10-3-1-4-11-32)39(26-31)50-29-33-12-5-2-6-13-33/h1-8,10-21,26,46H,9,22-25,27-30H2,(H,44,47)/t42-/m1/s1. The Kier molecular flexibility index (Phi) is 12.4. The molecule has 0 bridgehead atoms. The summed E-state index contributed by atoms with van der Waals surface area (Å²) in [5, 5.41) is 12.2. The molecule has 1 aliphatic rings. The molecule has 6 rings (SSSR count). The molecule has 5 aromatic rings. The first-order valence-corrected chi connectivity index (χ1v) is 17.9. The summed E-state index contributed by atoms with van der Waals surface area (Å²) < 4.78 is 25.1. The van der Waals surface area contributed by atoms with Gasteiger partial charge in [-0.1, -0.05) is 101 Å². The van der Waals surface area contributed by atoms with Gasteiger partial charge in [0.15, 0.2) is 17.0 Å². The second-order valence-corrected chi connectivity index (χ2v) is 13.1. The number of nitrogens with zero attached hydrogens (tertiary/aromatic N) is 1. The summed E-state index contributed by atoms with van der Waals surface area (Å²) >= 11 is 3.65. The number of carbonyl (C=O) groups is 1. The maximum Gasteiger partial charge on any atom is 0.251 e. The molecule has 0 spiro atoms. The molecule has 51 heavy (non-hydrogen) atoms. The molecule has 2 N–H and O–H groups in total. The van der Waals surface area contributed by atoms with E-state index in [1.54, 1.807) is 0 Å². The number of rotatable bonds is 17. The Hall–Kier alpha value is -5.12. The van der Waals surface area contributed by atoms with E-state index in [9.17, 15) is 4.79 Å². The number of halogens is 1. The number of benzene rings is 5. The number of amides is 1. The van der Waals surface area contributed by atoms with E-state index in [-0.39, 0.29) is 19.1 Å². The van der Waals surface area contributed by atoms with Gasteiger partial charge in [0.05, 0.1) is 6.61 Å². The van der Waals surface area contributed by atoms with Gasteiger partial charge >= 0.3 is 0 Å². The molecule has 1 aliphatic heterocycles. The third kappa shape index (κ3) is 9.78. The Bertz CT molecular complexity index is 1900. The van der Waals surface area contributed by atoms with Gasteiger partial charge in [0, 0.05) is 36.0 Å². The van der Waals surface area contributed by atoms with Crippen LogP contribution in [0.2, 0.25) is 0 Å². The van der Waals surface area contributed by atoms with Crippen LogP contribution in [0, 0.1) is 0 Å². The first-order chi connectivity index (χ1) is 25.0. The van der Waals surface area contributed by atoms with Gasteiger partial charge in [0.25, 0.3) is 5.91 Å². The molecule has 1 amide bonds. The molecule has 0 saturated carbocycles. The van der Waals surface area contributed by atoms with Crippen LogP contribution < -0.4 is 19.5 Å². The van der Waals surface area contributed by atoms with Crippen LogP contribution in [0.5, 0.6) is 17.2 Å². The Morgan fingerprint density at radius 1 is 0.784 bits per heavy atom. The van der Waals surface area contributed by atoms with Gasteiger partial charge in [0.1, 0.15) is 25.6 Å². The zero-order valence-corrected chi connectivity index (χ0v) is 29.9. The monoisotopic (exact) mass is 748 g/mol. The van der Waals surface area contributed by atoms with Crippen molar-refractivity contribution in [1.29, 1.82) is 0 Å². The summed E-state index contributed by atoms with van der Waals surface area (Å²) in [6.07, 6.45) is 1.49. The molecular formula is C42H41BrN2O6. The van der Waals surface area contributed by atoms with Crippen molar-refractivity contribution in [1.82, 2.24) is 5.32 Å². The van der Waals surface area contributed by atoms with E-state index in [0.29, 0.717) is 68.8 Å². The van der Waals surface area contributed by atoms with Crippen LogP contribution in [0.1, 0.15) is 34.2 Å². The first kappa shape index (κ1) is 35.7. The van der Waals surface area contributed by atoms with E-state index >= 15 is 0 Å². The lowest BCUT2D eigenvalue weighted by Crippen LogP contribution is -2.49. The highest BCUT2D eigenvalue weighted by atomic mass is 79.9. The van der Waals surface area contributed by atoms with Gasteiger partial charge in [-0.2, -0.15) is 0 Å². The van der Waals surface area contributed by atoms with Gasteiger partial charge in [-0.05, 0) is 71.1 Å². The Morgan fingerprint density at radius 2 is 1.45 bits per heavy atom. The number of hydrogen-bond acceptors (Lipinski definition) is 7. The fraction of sp³-hybridized carbons (Fsp3) is 0.238. The Morgan fingerprint density at radius 3 is 2.14 bits per heavy atom. The van der Waals surface area contributed by atoms with Crippen molar-refractivity contribution < 1.29 is 28.8 Å². The molecule has 262 valence electrons. The first-order valence-electron chi connectivity index (χ1n) is 17.1. The minimum Gasteiger partial charge on any atom is -0.494 e. The molecule has 9 heteroatoms. The van der Waals surface area contributed by atoms with E-state index in [4.69, 9.17) is 29.0 Å². The van der Waals surface area contributed by atoms with Crippen LogP contribution in [0.15, 0.2) is 137 Å². The zero-order valence-electron chi connectivity index (χ0n) is 28.3. The summed E-state index contributed by atoms with van der Waals surface area (Å²) in [6.45, 7) is 1.82. The van der Waals surface area contributed by atoms with Gasteiger partial charge in [-0.15, -0.1) is 0 Å². The second kappa shape index (κ2) is 17.7.